The van der Waals surface area contributed by atoms with E-state index in [2.05, 4.69) is 15.0 Å². The first kappa shape index (κ1) is 13.2. The van der Waals surface area contributed by atoms with E-state index in [9.17, 15) is 14.4 Å². The highest BCUT2D eigenvalue weighted by Crippen LogP contribution is 2.04. The number of H-pyrrole nitrogens is 1. The highest BCUT2D eigenvalue weighted by atomic mass is 35.5. The number of aromatic nitrogens is 1. The summed E-state index contributed by atoms with van der Waals surface area (Å²) >= 11 is 5.59. The van der Waals surface area contributed by atoms with Crippen LogP contribution in [0, 0.1) is 0 Å². The first-order valence-corrected chi connectivity index (χ1v) is 5.10. The van der Waals surface area contributed by atoms with Gasteiger partial charge < -0.3 is 15.0 Å². The smallest absolute Gasteiger partial charge is 0.328 e. The number of carbonyl (C=O) groups excluding carboxylic acids is 2. The van der Waals surface area contributed by atoms with E-state index in [4.69, 9.17) is 11.6 Å². The molecular formula is C10H11ClN2O4. The fraction of sp³-hybridized carbons (Fsp3) is 0.300. The van der Waals surface area contributed by atoms with E-state index in [1.807, 2.05) is 0 Å². The predicted octanol–water partition coefficient (Wildman–Crippen LogP) is 0.320. The number of ether oxygens (including phenoxy) is 1. The van der Waals surface area contributed by atoms with Crippen LogP contribution in [0.15, 0.2) is 16.9 Å². The molecule has 0 radical (unpaired) electrons. The molecule has 0 bridgehead atoms. The van der Waals surface area contributed by atoms with Crippen LogP contribution in [0.1, 0.15) is 17.3 Å². The molecule has 1 rings (SSSR count). The molecule has 1 amide bonds. The molecule has 0 saturated carbocycles. The summed E-state index contributed by atoms with van der Waals surface area (Å²) < 4.78 is 4.45. The molecule has 0 aromatic carbocycles. The molecule has 1 aromatic heterocycles. The van der Waals surface area contributed by atoms with Crippen molar-refractivity contribution >= 4 is 23.5 Å². The zero-order valence-corrected chi connectivity index (χ0v) is 10.00. The Labute approximate surface area is 102 Å². The molecule has 0 saturated heterocycles. The van der Waals surface area contributed by atoms with Crippen molar-refractivity contribution in [1.82, 2.24) is 10.3 Å². The number of hydrogen-bond acceptors (Lipinski definition) is 4. The maximum Gasteiger partial charge on any atom is 0.328 e. The maximum atomic E-state index is 11.6. The van der Waals surface area contributed by atoms with Crippen molar-refractivity contribution in [3.63, 3.8) is 0 Å². The van der Waals surface area contributed by atoms with Gasteiger partial charge in [0.1, 0.15) is 11.2 Å². The molecule has 17 heavy (non-hydrogen) atoms. The standard InChI is InChI=1S/C10H11ClN2O4/c1-5(10(16)17-2)12-9(15)6-3-7(11)13-8(14)4-6/h3-5H,1-2H3,(H,12,15)(H,13,14)/t5-/m0/s1. The number of pyridine rings is 1. The molecule has 0 spiro atoms. The molecule has 1 atom stereocenters. The first-order chi connectivity index (χ1) is 7.93. The lowest BCUT2D eigenvalue weighted by atomic mass is 10.2. The van der Waals surface area contributed by atoms with Crippen LogP contribution in [-0.4, -0.2) is 30.0 Å². The van der Waals surface area contributed by atoms with Crippen molar-refractivity contribution in [1.29, 1.82) is 0 Å². The van der Waals surface area contributed by atoms with E-state index in [0.717, 1.165) is 6.07 Å². The molecular weight excluding hydrogens is 248 g/mol. The highest BCUT2D eigenvalue weighted by molar-refractivity contribution is 6.29. The van der Waals surface area contributed by atoms with Crippen LogP contribution in [0.25, 0.3) is 0 Å². The molecule has 0 unspecified atom stereocenters. The quantitative estimate of drug-likeness (QED) is 0.604. The normalized spacial score (nSPS) is 11.7. The fourth-order valence-corrected chi connectivity index (χ4v) is 1.37. The minimum atomic E-state index is -0.800. The van der Waals surface area contributed by atoms with Gasteiger partial charge in [0.25, 0.3) is 5.91 Å². The third-order valence-corrected chi connectivity index (χ3v) is 2.18. The van der Waals surface area contributed by atoms with Gasteiger partial charge in [0.15, 0.2) is 0 Å². The van der Waals surface area contributed by atoms with Gasteiger partial charge >= 0.3 is 5.97 Å². The van der Waals surface area contributed by atoms with E-state index in [-0.39, 0.29) is 10.7 Å². The van der Waals surface area contributed by atoms with Gasteiger partial charge in [-0.25, -0.2) is 4.79 Å². The lowest BCUT2D eigenvalue weighted by Crippen LogP contribution is -2.39. The van der Waals surface area contributed by atoms with Gasteiger partial charge in [-0.05, 0) is 13.0 Å². The largest absolute Gasteiger partial charge is 0.467 e. The molecule has 0 aliphatic heterocycles. The fourth-order valence-electron chi connectivity index (χ4n) is 1.16. The number of methoxy groups -OCH3 is 1. The van der Waals surface area contributed by atoms with Gasteiger partial charge in [0, 0.05) is 11.6 Å². The number of nitrogens with one attached hydrogen (secondary N) is 2. The van der Waals surface area contributed by atoms with Gasteiger partial charge in [0.2, 0.25) is 5.56 Å². The van der Waals surface area contributed by atoms with Gasteiger partial charge in [-0.15, -0.1) is 0 Å². The Kier molecular flexibility index (Phi) is 4.28. The van der Waals surface area contributed by atoms with Crippen LogP contribution < -0.4 is 10.9 Å². The number of rotatable bonds is 3. The summed E-state index contributed by atoms with van der Waals surface area (Å²) in [4.78, 5) is 36.1. The SMILES string of the molecule is COC(=O)[C@H](C)NC(=O)c1cc(Cl)[nH]c(=O)c1. The maximum absolute atomic E-state index is 11.6. The van der Waals surface area contributed by atoms with E-state index in [1.54, 1.807) is 0 Å². The van der Waals surface area contributed by atoms with Crippen LogP contribution in [0.3, 0.4) is 0 Å². The molecule has 7 heteroatoms. The molecule has 0 fully saturated rings. The number of hydrogen-bond donors (Lipinski definition) is 2. The molecule has 6 nitrogen and oxygen atoms in total. The number of carbonyl (C=O) groups is 2. The van der Waals surface area contributed by atoms with Crippen molar-refractivity contribution in [2.45, 2.75) is 13.0 Å². The molecule has 2 N–H and O–H groups in total. The molecule has 0 aliphatic rings. The zero-order chi connectivity index (χ0) is 13.0. The van der Waals surface area contributed by atoms with Crippen molar-refractivity contribution in [2.24, 2.45) is 0 Å². The summed E-state index contributed by atoms with van der Waals surface area (Å²) in [6, 6.07) is 1.58. The van der Waals surface area contributed by atoms with Gasteiger partial charge in [0.05, 0.1) is 7.11 Å². The number of aromatic amines is 1. The Hall–Kier alpha value is -1.82. The second-order valence-electron chi connectivity index (χ2n) is 3.30. The van der Waals surface area contributed by atoms with E-state index in [0.29, 0.717) is 0 Å². The van der Waals surface area contributed by atoms with Crippen molar-refractivity contribution in [3.8, 4) is 0 Å². The topological polar surface area (TPSA) is 88.3 Å². The Balaban J connectivity index is 2.83. The van der Waals surface area contributed by atoms with Crippen LogP contribution in [0.4, 0.5) is 0 Å². The Morgan fingerprint density at radius 3 is 2.65 bits per heavy atom. The van der Waals surface area contributed by atoms with Crippen molar-refractivity contribution in [2.75, 3.05) is 7.11 Å². The number of esters is 1. The van der Waals surface area contributed by atoms with Gasteiger partial charge in [-0.2, -0.15) is 0 Å². The van der Waals surface area contributed by atoms with Crippen LogP contribution in [0.5, 0.6) is 0 Å². The third-order valence-electron chi connectivity index (χ3n) is 1.98. The summed E-state index contributed by atoms with van der Waals surface area (Å²) in [6.45, 7) is 1.47. The molecule has 92 valence electrons. The zero-order valence-electron chi connectivity index (χ0n) is 9.24. The minimum absolute atomic E-state index is 0.0494. The van der Waals surface area contributed by atoms with Gasteiger partial charge in [-0.3, -0.25) is 9.59 Å². The molecule has 1 heterocycles. The average Bonchev–Trinajstić information content (AvgIpc) is 2.26. The van der Waals surface area contributed by atoms with Crippen molar-refractivity contribution < 1.29 is 14.3 Å². The lowest BCUT2D eigenvalue weighted by Gasteiger charge is -2.11. The number of amides is 1. The average molecular weight is 259 g/mol. The second kappa shape index (κ2) is 5.49. The van der Waals surface area contributed by atoms with Crippen LogP contribution in [-0.2, 0) is 9.53 Å². The van der Waals surface area contributed by atoms with E-state index in [1.165, 1.54) is 20.1 Å². The second-order valence-corrected chi connectivity index (χ2v) is 3.71. The van der Waals surface area contributed by atoms with Crippen LogP contribution >= 0.6 is 11.6 Å². The van der Waals surface area contributed by atoms with E-state index < -0.39 is 23.5 Å². The van der Waals surface area contributed by atoms with Crippen LogP contribution in [0.2, 0.25) is 5.15 Å². The minimum Gasteiger partial charge on any atom is -0.467 e. The summed E-state index contributed by atoms with van der Waals surface area (Å²) in [6.07, 6.45) is 0. The summed E-state index contributed by atoms with van der Waals surface area (Å²) in [5.74, 6) is -1.15. The third kappa shape index (κ3) is 3.60. The summed E-state index contributed by atoms with van der Waals surface area (Å²) in [5.41, 5.74) is -0.414. The predicted molar refractivity (Wildman–Crippen MR) is 61.0 cm³/mol. The summed E-state index contributed by atoms with van der Waals surface area (Å²) in [5, 5.41) is 2.43. The van der Waals surface area contributed by atoms with Gasteiger partial charge in [-0.1, -0.05) is 11.6 Å². The van der Waals surface area contributed by atoms with Crippen molar-refractivity contribution in [3.05, 3.63) is 33.2 Å². The van der Waals surface area contributed by atoms with E-state index >= 15 is 0 Å². The molecule has 1 aromatic rings. The lowest BCUT2D eigenvalue weighted by molar-refractivity contribution is -0.142. The Bertz CT molecular complexity index is 497. The Morgan fingerprint density at radius 1 is 1.47 bits per heavy atom. The monoisotopic (exact) mass is 258 g/mol. The first-order valence-electron chi connectivity index (χ1n) is 4.72. The Morgan fingerprint density at radius 2 is 2.12 bits per heavy atom. The number of halogens is 1. The summed E-state index contributed by atoms with van der Waals surface area (Å²) in [7, 11) is 1.22. The molecule has 0 aliphatic carbocycles. The highest BCUT2D eigenvalue weighted by Gasteiger charge is 2.17.